The van der Waals surface area contributed by atoms with Gasteiger partial charge in [0.15, 0.2) is 5.78 Å². The Morgan fingerprint density at radius 1 is 1.31 bits per heavy atom. The highest BCUT2D eigenvalue weighted by Crippen LogP contribution is 2.13. The molecule has 0 aliphatic rings. The van der Waals surface area contributed by atoms with Gasteiger partial charge in [-0.15, -0.1) is 0 Å². The van der Waals surface area contributed by atoms with Crippen LogP contribution >= 0.6 is 11.3 Å². The average molecular weight is 230 g/mol. The number of carbonyl (C=O) groups excluding carboxylic acids is 1. The van der Waals surface area contributed by atoms with Crippen LogP contribution in [0.15, 0.2) is 47.2 Å². The van der Waals surface area contributed by atoms with E-state index in [9.17, 15) is 9.90 Å². The lowest BCUT2D eigenvalue weighted by molar-refractivity contribution is 0.104. The van der Waals surface area contributed by atoms with Crippen LogP contribution < -0.4 is 0 Å². The summed E-state index contributed by atoms with van der Waals surface area (Å²) >= 11 is 1.50. The number of rotatable bonds is 3. The van der Waals surface area contributed by atoms with E-state index in [1.54, 1.807) is 30.3 Å². The van der Waals surface area contributed by atoms with Crippen LogP contribution in [0.3, 0.4) is 0 Å². The van der Waals surface area contributed by atoms with Gasteiger partial charge in [-0.3, -0.25) is 4.79 Å². The van der Waals surface area contributed by atoms with Gasteiger partial charge in [0, 0.05) is 10.9 Å². The lowest BCUT2D eigenvalue weighted by Crippen LogP contribution is -1.89. The molecule has 0 amide bonds. The molecule has 0 aliphatic carbocycles. The van der Waals surface area contributed by atoms with Gasteiger partial charge in [-0.2, -0.15) is 11.3 Å². The molecule has 0 unspecified atom stereocenters. The molecule has 1 heterocycles. The van der Waals surface area contributed by atoms with Crippen LogP contribution in [0.25, 0.3) is 6.08 Å². The Bertz CT molecular complexity index is 512. The molecule has 1 N–H and O–H groups in total. The Balaban J connectivity index is 2.13. The third-order valence-electron chi connectivity index (χ3n) is 2.10. The van der Waals surface area contributed by atoms with E-state index >= 15 is 0 Å². The number of phenolic OH excluding ortho intramolecular Hbond substituents is 1. The number of aromatic hydroxyl groups is 1. The first-order chi connectivity index (χ1) is 7.75. The van der Waals surface area contributed by atoms with Crippen LogP contribution in [0.5, 0.6) is 5.75 Å². The lowest BCUT2D eigenvalue weighted by atomic mass is 10.1. The van der Waals surface area contributed by atoms with Crippen LogP contribution in [-0.4, -0.2) is 10.9 Å². The number of thiophene rings is 1. The first-order valence-corrected chi connectivity index (χ1v) is 5.73. The Kier molecular flexibility index (Phi) is 3.17. The van der Waals surface area contributed by atoms with Gasteiger partial charge in [0.2, 0.25) is 0 Å². The molecule has 1 aromatic carbocycles. The van der Waals surface area contributed by atoms with Gasteiger partial charge < -0.3 is 5.11 Å². The predicted molar refractivity (Wildman–Crippen MR) is 65.8 cm³/mol. The Hall–Kier alpha value is -1.87. The smallest absolute Gasteiger partial charge is 0.186 e. The summed E-state index contributed by atoms with van der Waals surface area (Å²) in [5.41, 5.74) is 1.50. The minimum absolute atomic E-state index is 0.0235. The third-order valence-corrected chi connectivity index (χ3v) is 2.79. The van der Waals surface area contributed by atoms with Crippen LogP contribution in [0, 0.1) is 0 Å². The van der Waals surface area contributed by atoms with Crippen molar-refractivity contribution in [3.8, 4) is 5.75 Å². The molecule has 2 rings (SSSR count). The first kappa shape index (κ1) is 10.6. The van der Waals surface area contributed by atoms with Crippen molar-refractivity contribution in [1.82, 2.24) is 0 Å². The van der Waals surface area contributed by atoms with Crippen LogP contribution in [0.1, 0.15) is 15.9 Å². The molecule has 0 saturated carbocycles. The Labute approximate surface area is 97.5 Å². The zero-order chi connectivity index (χ0) is 11.4. The summed E-state index contributed by atoms with van der Waals surface area (Å²) in [5.74, 6) is 0.176. The zero-order valence-corrected chi connectivity index (χ0v) is 9.28. The standard InChI is InChI=1S/C13H10O2S/c14-12-3-1-2-10(8-12)4-5-13(15)11-6-7-16-9-11/h1-9,14H/b5-4+. The van der Waals surface area contributed by atoms with Crippen LogP contribution in [0.2, 0.25) is 0 Å². The van der Waals surface area contributed by atoms with Gasteiger partial charge >= 0.3 is 0 Å². The second-order valence-corrected chi connectivity index (χ2v) is 4.08. The summed E-state index contributed by atoms with van der Waals surface area (Å²) < 4.78 is 0. The molecule has 0 spiro atoms. The Morgan fingerprint density at radius 2 is 2.19 bits per heavy atom. The minimum atomic E-state index is -0.0235. The third kappa shape index (κ3) is 2.58. The molecule has 0 fully saturated rings. The van der Waals surface area contributed by atoms with Crippen molar-refractivity contribution >= 4 is 23.2 Å². The SMILES string of the molecule is O=C(/C=C/c1cccc(O)c1)c1ccsc1. The summed E-state index contributed by atoms with van der Waals surface area (Å²) in [4.78, 5) is 11.6. The number of hydrogen-bond donors (Lipinski definition) is 1. The number of ketones is 1. The monoisotopic (exact) mass is 230 g/mol. The fourth-order valence-corrected chi connectivity index (χ4v) is 1.95. The van der Waals surface area contributed by atoms with Gasteiger partial charge in [0.25, 0.3) is 0 Å². The van der Waals surface area contributed by atoms with Crippen molar-refractivity contribution in [2.75, 3.05) is 0 Å². The molecule has 0 atom stereocenters. The summed E-state index contributed by atoms with van der Waals surface area (Å²) in [5, 5.41) is 12.9. The second kappa shape index (κ2) is 4.77. The number of benzene rings is 1. The summed E-state index contributed by atoms with van der Waals surface area (Å²) in [6, 6.07) is 8.57. The largest absolute Gasteiger partial charge is 0.508 e. The van der Waals surface area contributed by atoms with Crippen molar-refractivity contribution in [3.63, 3.8) is 0 Å². The lowest BCUT2D eigenvalue weighted by Gasteiger charge is -1.94. The fourth-order valence-electron chi connectivity index (χ4n) is 1.30. The number of allylic oxidation sites excluding steroid dienone is 1. The molecule has 0 bridgehead atoms. The van der Waals surface area contributed by atoms with E-state index in [1.165, 1.54) is 17.4 Å². The predicted octanol–water partition coefficient (Wildman–Crippen LogP) is 3.35. The molecular formula is C13H10O2S. The van der Waals surface area contributed by atoms with Gasteiger partial charge in [0.05, 0.1) is 0 Å². The second-order valence-electron chi connectivity index (χ2n) is 3.30. The number of hydrogen-bond acceptors (Lipinski definition) is 3. The highest BCUT2D eigenvalue weighted by atomic mass is 32.1. The van der Waals surface area contributed by atoms with E-state index < -0.39 is 0 Å². The molecule has 1 aromatic heterocycles. The van der Waals surface area contributed by atoms with Crippen LogP contribution in [0.4, 0.5) is 0 Å². The van der Waals surface area contributed by atoms with Gasteiger partial charge in [-0.05, 0) is 35.2 Å². The molecule has 0 saturated heterocycles. The van der Waals surface area contributed by atoms with E-state index in [0.29, 0.717) is 5.56 Å². The van der Waals surface area contributed by atoms with Crippen molar-refractivity contribution < 1.29 is 9.90 Å². The summed E-state index contributed by atoms with van der Waals surface area (Å²) in [6.07, 6.45) is 3.20. The van der Waals surface area contributed by atoms with Gasteiger partial charge in [-0.25, -0.2) is 0 Å². The van der Waals surface area contributed by atoms with Crippen molar-refractivity contribution in [2.24, 2.45) is 0 Å². The first-order valence-electron chi connectivity index (χ1n) is 4.79. The van der Waals surface area contributed by atoms with E-state index in [4.69, 9.17) is 0 Å². The molecule has 0 aliphatic heterocycles. The van der Waals surface area contributed by atoms with E-state index in [0.717, 1.165) is 5.56 Å². The van der Waals surface area contributed by atoms with Gasteiger partial charge in [-0.1, -0.05) is 18.2 Å². The molecule has 0 radical (unpaired) electrons. The molecule has 3 heteroatoms. The molecule has 16 heavy (non-hydrogen) atoms. The van der Waals surface area contributed by atoms with Crippen molar-refractivity contribution in [1.29, 1.82) is 0 Å². The normalized spacial score (nSPS) is 10.8. The maximum atomic E-state index is 11.6. The fraction of sp³-hybridized carbons (Fsp3) is 0. The maximum Gasteiger partial charge on any atom is 0.186 e. The Morgan fingerprint density at radius 3 is 2.88 bits per heavy atom. The highest BCUT2D eigenvalue weighted by molar-refractivity contribution is 7.08. The summed E-state index contributed by atoms with van der Waals surface area (Å²) in [7, 11) is 0. The number of carbonyl (C=O) groups is 1. The molecule has 80 valence electrons. The molecule has 2 nitrogen and oxygen atoms in total. The highest BCUT2D eigenvalue weighted by Gasteiger charge is 2.00. The topological polar surface area (TPSA) is 37.3 Å². The van der Waals surface area contributed by atoms with Crippen molar-refractivity contribution in [3.05, 3.63) is 58.3 Å². The van der Waals surface area contributed by atoms with Crippen molar-refractivity contribution in [2.45, 2.75) is 0 Å². The van der Waals surface area contributed by atoms with E-state index in [1.807, 2.05) is 16.8 Å². The average Bonchev–Trinajstić information content (AvgIpc) is 2.79. The van der Waals surface area contributed by atoms with Gasteiger partial charge in [0.1, 0.15) is 5.75 Å². The quantitative estimate of drug-likeness (QED) is 0.648. The van der Waals surface area contributed by atoms with E-state index in [-0.39, 0.29) is 11.5 Å². The minimum Gasteiger partial charge on any atom is -0.508 e. The maximum absolute atomic E-state index is 11.6. The van der Waals surface area contributed by atoms with E-state index in [2.05, 4.69) is 0 Å². The number of phenols is 1. The van der Waals surface area contributed by atoms with Crippen LogP contribution in [-0.2, 0) is 0 Å². The zero-order valence-electron chi connectivity index (χ0n) is 8.46. The molecular weight excluding hydrogens is 220 g/mol. The summed E-state index contributed by atoms with van der Waals surface area (Å²) in [6.45, 7) is 0. The molecule has 2 aromatic rings.